The maximum absolute atomic E-state index is 5.04. The number of hydrogen-bond acceptors (Lipinski definition) is 1. The lowest BCUT2D eigenvalue weighted by molar-refractivity contribution is 1.27. The van der Waals surface area contributed by atoms with Crippen LogP contribution in [-0.2, 0) is 0 Å². The third-order valence-electron chi connectivity index (χ3n) is 2.68. The first kappa shape index (κ1) is 9.36. The smallest absolute Gasteiger partial charge is 0.174 e. The van der Waals surface area contributed by atoms with Gasteiger partial charge in [0.05, 0.1) is 5.69 Å². The average molecular weight is 226 g/mol. The standard InChI is InChI=1S/C13H10N2S/c16-13-14-8-12(15-13)11-7-3-5-9-4-1-2-6-10(9)11/h1-8H,(H2,14,15,16). The molecule has 0 saturated carbocycles. The zero-order valence-electron chi connectivity index (χ0n) is 8.53. The number of H-pyrrole nitrogens is 2. The van der Waals surface area contributed by atoms with Crippen molar-refractivity contribution in [2.24, 2.45) is 0 Å². The van der Waals surface area contributed by atoms with Crippen LogP contribution < -0.4 is 0 Å². The van der Waals surface area contributed by atoms with Crippen LogP contribution in [-0.4, -0.2) is 9.97 Å². The second-order valence-electron chi connectivity index (χ2n) is 3.68. The van der Waals surface area contributed by atoms with Crippen molar-refractivity contribution < 1.29 is 0 Å². The minimum absolute atomic E-state index is 0.655. The lowest BCUT2D eigenvalue weighted by Crippen LogP contribution is -1.80. The van der Waals surface area contributed by atoms with E-state index in [1.807, 2.05) is 18.3 Å². The van der Waals surface area contributed by atoms with E-state index in [9.17, 15) is 0 Å². The summed E-state index contributed by atoms with van der Waals surface area (Å²) < 4.78 is 0.655. The predicted octanol–water partition coefficient (Wildman–Crippen LogP) is 3.89. The highest BCUT2D eigenvalue weighted by Gasteiger charge is 2.03. The van der Waals surface area contributed by atoms with Gasteiger partial charge in [-0.25, -0.2) is 0 Å². The Labute approximate surface area is 98.0 Å². The Kier molecular flexibility index (Phi) is 2.11. The van der Waals surface area contributed by atoms with Crippen molar-refractivity contribution in [3.63, 3.8) is 0 Å². The molecule has 0 fully saturated rings. The molecule has 3 aromatic rings. The highest BCUT2D eigenvalue weighted by molar-refractivity contribution is 7.71. The van der Waals surface area contributed by atoms with Gasteiger partial charge in [0.25, 0.3) is 0 Å². The van der Waals surface area contributed by atoms with Crippen LogP contribution >= 0.6 is 12.2 Å². The van der Waals surface area contributed by atoms with Crippen LogP contribution in [0.25, 0.3) is 22.0 Å². The van der Waals surface area contributed by atoms with Gasteiger partial charge in [-0.05, 0) is 23.0 Å². The Morgan fingerprint density at radius 2 is 1.75 bits per heavy atom. The number of fused-ring (bicyclic) bond motifs is 1. The second-order valence-corrected chi connectivity index (χ2v) is 4.09. The fourth-order valence-electron chi connectivity index (χ4n) is 1.94. The van der Waals surface area contributed by atoms with E-state index in [4.69, 9.17) is 12.2 Å². The van der Waals surface area contributed by atoms with Gasteiger partial charge in [-0.15, -0.1) is 0 Å². The fourth-order valence-corrected chi connectivity index (χ4v) is 2.11. The molecule has 0 aliphatic heterocycles. The van der Waals surface area contributed by atoms with Gasteiger partial charge in [-0.3, -0.25) is 0 Å². The Morgan fingerprint density at radius 1 is 0.938 bits per heavy atom. The maximum Gasteiger partial charge on any atom is 0.174 e. The molecule has 0 amide bonds. The molecular weight excluding hydrogens is 216 g/mol. The second kappa shape index (κ2) is 3.61. The van der Waals surface area contributed by atoms with E-state index in [0.717, 1.165) is 5.69 Å². The van der Waals surface area contributed by atoms with E-state index in [1.165, 1.54) is 16.3 Å². The summed E-state index contributed by atoms with van der Waals surface area (Å²) in [6.45, 7) is 0. The SMILES string of the molecule is S=c1[nH]cc(-c2cccc3ccccc23)[nH]1. The molecule has 3 rings (SSSR count). The molecular formula is C13H10N2S. The fraction of sp³-hybridized carbons (Fsp3) is 0. The van der Waals surface area contributed by atoms with Crippen LogP contribution in [0.1, 0.15) is 0 Å². The van der Waals surface area contributed by atoms with Crippen LogP contribution in [0.3, 0.4) is 0 Å². The third-order valence-corrected chi connectivity index (χ3v) is 2.90. The highest BCUT2D eigenvalue weighted by atomic mass is 32.1. The Morgan fingerprint density at radius 3 is 2.56 bits per heavy atom. The monoisotopic (exact) mass is 226 g/mol. The summed E-state index contributed by atoms with van der Waals surface area (Å²) >= 11 is 5.04. The molecule has 2 nitrogen and oxygen atoms in total. The van der Waals surface area contributed by atoms with Crippen LogP contribution in [0.2, 0.25) is 0 Å². The first-order valence-electron chi connectivity index (χ1n) is 5.10. The van der Waals surface area contributed by atoms with E-state index in [1.54, 1.807) is 0 Å². The average Bonchev–Trinajstić information content (AvgIpc) is 2.75. The van der Waals surface area contributed by atoms with Crippen LogP contribution in [0, 0.1) is 4.77 Å². The lowest BCUT2D eigenvalue weighted by atomic mass is 10.0. The molecule has 16 heavy (non-hydrogen) atoms. The summed E-state index contributed by atoms with van der Waals surface area (Å²) in [5, 5.41) is 2.47. The van der Waals surface area contributed by atoms with Gasteiger partial charge in [0, 0.05) is 11.8 Å². The summed E-state index contributed by atoms with van der Waals surface area (Å²) in [6.07, 6.45) is 1.91. The van der Waals surface area contributed by atoms with Crippen molar-refractivity contribution in [3.05, 3.63) is 53.4 Å². The summed E-state index contributed by atoms with van der Waals surface area (Å²) in [5.74, 6) is 0. The van der Waals surface area contributed by atoms with Crippen LogP contribution in [0.5, 0.6) is 0 Å². The molecule has 78 valence electrons. The Balaban J connectivity index is 2.35. The number of aromatic nitrogens is 2. The largest absolute Gasteiger partial charge is 0.337 e. The summed E-state index contributed by atoms with van der Waals surface area (Å²) in [7, 11) is 0. The van der Waals surface area contributed by atoms with E-state index < -0.39 is 0 Å². The van der Waals surface area contributed by atoms with Gasteiger partial charge in [0.2, 0.25) is 0 Å². The minimum Gasteiger partial charge on any atom is -0.337 e. The highest BCUT2D eigenvalue weighted by Crippen LogP contribution is 2.26. The van der Waals surface area contributed by atoms with Gasteiger partial charge in [-0.2, -0.15) is 0 Å². The van der Waals surface area contributed by atoms with Gasteiger partial charge < -0.3 is 9.97 Å². The number of aromatic amines is 2. The van der Waals surface area contributed by atoms with Gasteiger partial charge in [0.1, 0.15) is 0 Å². The normalized spacial score (nSPS) is 10.8. The summed E-state index contributed by atoms with van der Waals surface area (Å²) in [4.78, 5) is 6.13. The van der Waals surface area contributed by atoms with Crippen molar-refractivity contribution >= 4 is 23.0 Å². The van der Waals surface area contributed by atoms with Crippen molar-refractivity contribution in [1.29, 1.82) is 0 Å². The molecule has 0 saturated heterocycles. The molecule has 0 unspecified atom stereocenters. The molecule has 0 aliphatic rings. The van der Waals surface area contributed by atoms with Crippen molar-refractivity contribution in [3.8, 4) is 11.3 Å². The molecule has 2 N–H and O–H groups in total. The van der Waals surface area contributed by atoms with E-state index in [2.05, 4.69) is 40.3 Å². The third kappa shape index (κ3) is 1.46. The number of benzene rings is 2. The van der Waals surface area contributed by atoms with E-state index >= 15 is 0 Å². The van der Waals surface area contributed by atoms with Crippen molar-refractivity contribution in [1.82, 2.24) is 9.97 Å². The number of hydrogen-bond donors (Lipinski definition) is 2. The van der Waals surface area contributed by atoms with Gasteiger partial charge >= 0.3 is 0 Å². The molecule has 1 aromatic heterocycles. The lowest BCUT2D eigenvalue weighted by Gasteiger charge is -2.03. The zero-order chi connectivity index (χ0) is 11.0. The van der Waals surface area contributed by atoms with Crippen LogP contribution in [0.15, 0.2) is 48.7 Å². The first-order valence-corrected chi connectivity index (χ1v) is 5.51. The molecule has 3 heteroatoms. The summed E-state index contributed by atoms with van der Waals surface area (Å²) in [6, 6.07) is 14.6. The zero-order valence-corrected chi connectivity index (χ0v) is 9.34. The molecule has 1 heterocycles. The van der Waals surface area contributed by atoms with Crippen molar-refractivity contribution in [2.45, 2.75) is 0 Å². The summed E-state index contributed by atoms with van der Waals surface area (Å²) in [5.41, 5.74) is 2.20. The number of nitrogens with one attached hydrogen (secondary N) is 2. The molecule has 0 bridgehead atoms. The number of rotatable bonds is 1. The minimum atomic E-state index is 0.655. The molecule has 0 spiro atoms. The Bertz CT molecular complexity index is 689. The van der Waals surface area contributed by atoms with E-state index in [0.29, 0.717) is 4.77 Å². The Hall–Kier alpha value is -1.87. The predicted molar refractivity (Wildman–Crippen MR) is 68.9 cm³/mol. The molecule has 0 atom stereocenters. The van der Waals surface area contributed by atoms with Crippen LogP contribution in [0.4, 0.5) is 0 Å². The molecule has 0 aliphatic carbocycles. The molecule has 0 radical (unpaired) electrons. The molecule has 2 aromatic carbocycles. The quantitative estimate of drug-likeness (QED) is 0.606. The maximum atomic E-state index is 5.04. The number of imidazole rings is 1. The van der Waals surface area contributed by atoms with Gasteiger partial charge in [-0.1, -0.05) is 42.5 Å². The topological polar surface area (TPSA) is 31.6 Å². The van der Waals surface area contributed by atoms with Gasteiger partial charge in [0.15, 0.2) is 4.77 Å². The van der Waals surface area contributed by atoms with E-state index in [-0.39, 0.29) is 0 Å². The van der Waals surface area contributed by atoms with Crippen molar-refractivity contribution in [2.75, 3.05) is 0 Å². The first-order chi connectivity index (χ1) is 7.84.